The number of aliphatic hydroxyl groups is 1. The van der Waals surface area contributed by atoms with Crippen LogP contribution in [0.5, 0.6) is 0 Å². The van der Waals surface area contributed by atoms with E-state index in [2.05, 4.69) is 9.97 Å². The lowest BCUT2D eigenvalue weighted by atomic mass is 10.2. The second kappa shape index (κ2) is 4.33. The molecule has 0 amide bonds. The average Bonchev–Trinajstić information content (AvgIpc) is 2.29. The van der Waals surface area contributed by atoms with Gasteiger partial charge in [-0.2, -0.15) is 0 Å². The van der Waals surface area contributed by atoms with Gasteiger partial charge in [0.15, 0.2) is 0 Å². The van der Waals surface area contributed by atoms with Gasteiger partial charge in [-0.05, 0) is 25.1 Å². The van der Waals surface area contributed by atoms with Crippen LogP contribution in [0.2, 0.25) is 0 Å². The zero-order chi connectivity index (χ0) is 10.7. The summed E-state index contributed by atoms with van der Waals surface area (Å²) >= 11 is 0. The van der Waals surface area contributed by atoms with Gasteiger partial charge < -0.3 is 10.8 Å². The first-order chi connectivity index (χ1) is 7.31. The van der Waals surface area contributed by atoms with Gasteiger partial charge in [0.25, 0.3) is 0 Å². The van der Waals surface area contributed by atoms with Gasteiger partial charge in [-0.25, -0.2) is 4.98 Å². The maximum absolute atomic E-state index is 9.70. The average molecular weight is 203 g/mol. The number of hydrogen-bond acceptors (Lipinski definition) is 4. The fraction of sp³-hybridized carbons (Fsp3) is 0.273. The Morgan fingerprint density at radius 1 is 1.27 bits per heavy atom. The topological polar surface area (TPSA) is 72.0 Å². The molecule has 3 N–H and O–H groups in total. The van der Waals surface area contributed by atoms with E-state index in [4.69, 9.17) is 5.73 Å². The Balaban J connectivity index is 2.38. The highest BCUT2D eigenvalue weighted by Gasteiger charge is 2.08. The molecule has 15 heavy (non-hydrogen) atoms. The number of fused-ring (bicyclic) bond motifs is 1. The molecule has 2 rings (SSSR count). The molecule has 0 spiro atoms. The van der Waals surface area contributed by atoms with Gasteiger partial charge in [0, 0.05) is 0 Å². The lowest BCUT2D eigenvalue weighted by Crippen LogP contribution is -2.08. The van der Waals surface area contributed by atoms with Crippen LogP contribution < -0.4 is 5.73 Å². The summed E-state index contributed by atoms with van der Waals surface area (Å²) < 4.78 is 0. The van der Waals surface area contributed by atoms with Crippen molar-refractivity contribution < 1.29 is 5.11 Å². The second-order valence-electron chi connectivity index (χ2n) is 3.38. The van der Waals surface area contributed by atoms with Gasteiger partial charge in [0.2, 0.25) is 0 Å². The maximum Gasteiger partial charge on any atom is 0.0987 e. The van der Waals surface area contributed by atoms with Crippen molar-refractivity contribution in [1.82, 2.24) is 9.97 Å². The van der Waals surface area contributed by atoms with Crippen molar-refractivity contribution in [1.29, 1.82) is 0 Å². The Labute approximate surface area is 87.8 Å². The smallest absolute Gasteiger partial charge is 0.0987 e. The SMILES string of the molecule is NCC[C@@H](O)c1cnc2ccccc2n1. The molecule has 1 heterocycles. The molecule has 0 fully saturated rings. The van der Waals surface area contributed by atoms with Crippen LogP contribution in [0.25, 0.3) is 11.0 Å². The Kier molecular flexibility index (Phi) is 2.89. The highest BCUT2D eigenvalue weighted by Crippen LogP contribution is 2.15. The zero-order valence-corrected chi connectivity index (χ0v) is 8.30. The Bertz CT molecular complexity index is 458. The highest BCUT2D eigenvalue weighted by atomic mass is 16.3. The van der Waals surface area contributed by atoms with Crippen LogP contribution >= 0.6 is 0 Å². The van der Waals surface area contributed by atoms with Gasteiger partial charge in [0.05, 0.1) is 29.0 Å². The minimum Gasteiger partial charge on any atom is -0.387 e. The third-order valence-electron chi connectivity index (χ3n) is 2.25. The fourth-order valence-electron chi connectivity index (χ4n) is 1.44. The van der Waals surface area contributed by atoms with Gasteiger partial charge in [0.1, 0.15) is 0 Å². The van der Waals surface area contributed by atoms with Crippen LogP contribution in [-0.4, -0.2) is 21.6 Å². The Morgan fingerprint density at radius 3 is 2.73 bits per heavy atom. The van der Waals surface area contributed by atoms with Crippen LogP contribution in [-0.2, 0) is 0 Å². The largest absolute Gasteiger partial charge is 0.387 e. The normalized spacial score (nSPS) is 12.9. The summed E-state index contributed by atoms with van der Waals surface area (Å²) in [6, 6.07) is 7.57. The molecule has 0 aliphatic heterocycles. The number of nitrogens with zero attached hydrogens (tertiary/aromatic N) is 2. The van der Waals surface area contributed by atoms with Gasteiger partial charge >= 0.3 is 0 Å². The van der Waals surface area contributed by atoms with E-state index in [9.17, 15) is 5.11 Å². The van der Waals surface area contributed by atoms with Gasteiger partial charge in [-0.3, -0.25) is 4.98 Å². The molecule has 0 saturated heterocycles. The second-order valence-corrected chi connectivity index (χ2v) is 3.38. The summed E-state index contributed by atoms with van der Waals surface area (Å²) in [6.45, 7) is 0.440. The van der Waals surface area contributed by atoms with Crippen LogP contribution in [0.1, 0.15) is 18.2 Å². The summed E-state index contributed by atoms with van der Waals surface area (Å²) in [6.07, 6.45) is 1.49. The highest BCUT2D eigenvalue weighted by molar-refractivity contribution is 5.73. The summed E-state index contributed by atoms with van der Waals surface area (Å²) in [5.74, 6) is 0. The number of aliphatic hydroxyl groups excluding tert-OH is 1. The van der Waals surface area contributed by atoms with Gasteiger partial charge in [-0.1, -0.05) is 12.1 Å². The van der Waals surface area contributed by atoms with E-state index in [1.54, 1.807) is 6.20 Å². The number of benzene rings is 1. The maximum atomic E-state index is 9.70. The molecular formula is C11H13N3O. The molecule has 0 radical (unpaired) electrons. The zero-order valence-electron chi connectivity index (χ0n) is 8.30. The first kappa shape index (κ1) is 10.0. The molecule has 4 heteroatoms. The fourth-order valence-corrected chi connectivity index (χ4v) is 1.44. The van der Waals surface area contributed by atoms with Crippen LogP contribution in [0.4, 0.5) is 0 Å². The van der Waals surface area contributed by atoms with Crippen molar-refractivity contribution in [2.45, 2.75) is 12.5 Å². The minimum absolute atomic E-state index is 0.440. The molecule has 1 aromatic carbocycles. The Hall–Kier alpha value is -1.52. The van der Waals surface area contributed by atoms with E-state index in [0.29, 0.717) is 18.7 Å². The minimum atomic E-state index is -0.618. The van der Waals surface area contributed by atoms with Crippen LogP contribution in [0.3, 0.4) is 0 Å². The third-order valence-corrected chi connectivity index (χ3v) is 2.25. The molecule has 1 aromatic heterocycles. The molecular weight excluding hydrogens is 190 g/mol. The van der Waals surface area contributed by atoms with E-state index in [0.717, 1.165) is 11.0 Å². The predicted octanol–water partition coefficient (Wildman–Crippen LogP) is 1.01. The summed E-state index contributed by atoms with van der Waals surface area (Å²) in [4.78, 5) is 8.55. The molecule has 78 valence electrons. The van der Waals surface area contributed by atoms with E-state index < -0.39 is 6.10 Å². The standard InChI is InChI=1S/C11H13N3O/c12-6-5-11(15)10-7-13-8-3-1-2-4-9(8)14-10/h1-4,7,11,15H,5-6,12H2/t11-/m1/s1. The lowest BCUT2D eigenvalue weighted by molar-refractivity contribution is 0.165. The third kappa shape index (κ3) is 2.11. The number of aromatic nitrogens is 2. The summed E-state index contributed by atoms with van der Waals surface area (Å²) in [7, 11) is 0. The Morgan fingerprint density at radius 2 is 2.00 bits per heavy atom. The molecule has 0 aliphatic rings. The van der Waals surface area contributed by atoms with Gasteiger partial charge in [-0.15, -0.1) is 0 Å². The molecule has 0 saturated carbocycles. The van der Waals surface area contributed by atoms with E-state index in [-0.39, 0.29) is 0 Å². The van der Waals surface area contributed by atoms with E-state index >= 15 is 0 Å². The lowest BCUT2D eigenvalue weighted by Gasteiger charge is -2.08. The quantitative estimate of drug-likeness (QED) is 0.781. The number of hydrogen-bond donors (Lipinski definition) is 2. The van der Waals surface area contributed by atoms with Crippen LogP contribution in [0, 0.1) is 0 Å². The van der Waals surface area contributed by atoms with Crippen molar-refractivity contribution in [3.63, 3.8) is 0 Å². The van der Waals surface area contributed by atoms with Crippen molar-refractivity contribution in [3.05, 3.63) is 36.2 Å². The van der Waals surface area contributed by atoms with E-state index in [1.165, 1.54) is 0 Å². The molecule has 1 atom stereocenters. The predicted molar refractivity (Wildman–Crippen MR) is 58.2 cm³/mol. The monoisotopic (exact) mass is 203 g/mol. The number of rotatable bonds is 3. The van der Waals surface area contributed by atoms with Crippen molar-refractivity contribution in [2.75, 3.05) is 6.54 Å². The molecule has 0 bridgehead atoms. The molecule has 2 aromatic rings. The molecule has 4 nitrogen and oxygen atoms in total. The van der Waals surface area contributed by atoms with E-state index in [1.807, 2.05) is 24.3 Å². The molecule has 0 unspecified atom stereocenters. The molecule has 0 aliphatic carbocycles. The van der Waals surface area contributed by atoms with Crippen molar-refractivity contribution >= 4 is 11.0 Å². The number of nitrogens with two attached hydrogens (primary N) is 1. The first-order valence-corrected chi connectivity index (χ1v) is 4.91. The summed E-state index contributed by atoms with van der Waals surface area (Å²) in [5.41, 5.74) is 7.59. The van der Waals surface area contributed by atoms with Crippen LogP contribution in [0.15, 0.2) is 30.5 Å². The first-order valence-electron chi connectivity index (χ1n) is 4.91. The summed E-state index contributed by atoms with van der Waals surface area (Å²) in [5, 5.41) is 9.70. The van der Waals surface area contributed by atoms with Crippen molar-refractivity contribution in [3.8, 4) is 0 Å². The van der Waals surface area contributed by atoms with Crippen molar-refractivity contribution in [2.24, 2.45) is 5.73 Å². The number of para-hydroxylation sites is 2.